The second-order valence-electron chi connectivity index (χ2n) is 4.07. The van der Waals surface area contributed by atoms with E-state index in [2.05, 4.69) is 10.0 Å². The molecule has 0 saturated carbocycles. The van der Waals surface area contributed by atoms with E-state index in [0.717, 1.165) is 0 Å². The Bertz CT molecular complexity index is 542. The largest absolute Gasteiger partial charge is 0.494 e. The highest BCUT2D eigenvalue weighted by Crippen LogP contribution is 2.15. The van der Waals surface area contributed by atoms with Gasteiger partial charge in [-0.25, -0.2) is 13.1 Å². The van der Waals surface area contributed by atoms with E-state index < -0.39 is 15.9 Å². The summed E-state index contributed by atoms with van der Waals surface area (Å²) in [5.74, 6) is 0.176. The summed E-state index contributed by atoms with van der Waals surface area (Å²) in [6.07, 6.45) is 0. The molecule has 7 nitrogen and oxygen atoms in total. The summed E-state index contributed by atoms with van der Waals surface area (Å²) in [6, 6.07) is 5.99. The molecular formula is C13H20N2O5S. The summed E-state index contributed by atoms with van der Waals surface area (Å²) >= 11 is 0. The summed E-state index contributed by atoms with van der Waals surface area (Å²) in [5.41, 5.74) is 0. The first kappa shape index (κ1) is 17.4. The average Bonchev–Trinajstić information content (AvgIpc) is 2.46. The van der Waals surface area contributed by atoms with Gasteiger partial charge in [-0.1, -0.05) is 0 Å². The topological polar surface area (TPSA) is 93.7 Å². The predicted molar refractivity (Wildman–Crippen MR) is 77.7 cm³/mol. The molecule has 0 aliphatic carbocycles. The van der Waals surface area contributed by atoms with Crippen LogP contribution in [0.1, 0.15) is 6.92 Å². The van der Waals surface area contributed by atoms with E-state index in [1.165, 1.54) is 19.2 Å². The number of sulfonamides is 1. The standard InChI is InChI=1S/C13H20N2O5S/c1-3-20-11-4-6-12(7-5-11)21(17,18)15-10-13(16)14-8-9-19-2/h4-7,15H,3,8-10H2,1-2H3,(H,14,16). The van der Waals surface area contributed by atoms with Crippen LogP contribution in [0.15, 0.2) is 29.2 Å². The quantitative estimate of drug-likeness (QED) is 0.632. The van der Waals surface area contributed by atoms with Gasteiger partial charge in [-0.2, -0.15) is 0 Å². The molecular weight excluding hydrogens is 296 g/mol. The second kappa shape index (κ2) is 8.60. The van der Waals surface area contributed by atoms with Crippen LogP contribution in [-0.4, -0.2) is 47.7 Å². The van der Waals surface area contributed by atoms with Crippen LogP contribution in [0.4, 0.5) is 0 Å². The Kier molecular flexibility index (Phi) is 7.13. The SMILES string of the molecule is CCOc1ccc(S(=O)(=O)NCC(=O)NCCOC)cc1. The number of amides is 1. The molecule has 0 aliphatic heterocycles. The fourth-order valence-electron chi connectivity index (χ4n) is 1.48. The lowest BCUT2D eigenvalue weighted by Crippen LogP contribution is -2.38. The Balaban J connectivity index is 2.54. The maximum atomic E-state index is 12.0. The highest BCUT2D eigenvalue weighted by Gasteiger charge is 2.15. The van der Waals surface area contributed by atoms with E-state index in [4.69, 9.17) is 9.47 Å². The van der Waals surface area contributed by atoms with E-state index in [0.29, 0.717) is 25.5 Å². The Morgan fingerprint density at radius 1 is 1.24 bits per heavy atom. The number of methoxy groups -OCH3 is 1. The van der Waals surface area contributed by atoms with Crippen molar-refractivity contribution in [3.8, 4) is 5.75 Å². The average molecular weight is 316 g/mol. The van der Waals surface area contributed by atoms with Crippen LogP contribution in [-0.2, 0) is 19.6 Å². The number of rotatable bonds is 9. The fraction of sp³-hybridized carbons (Fsp3) is 0.462. The van der Waals surface area contributed by atoms with Crippen molar-refractivity contribution in [3.05, 3.63) is 24.3 Å². The zero-order chi connectivity index (χ0) is 15.7. The van der Waals surface area contributed by atoms with Crippen LogP contribution < -0.4 is 14.8 Å². The Labute approximate surface area is 124 Å². The summed E-state index contributed by atoms with van der Waals surface area (Å²) in [7, 11) is -2.20. The monoisotopic (exact) mass is 316 g/mol. The van der Waals surface area contributed by atoms with Crippen molar-refractivity contribution in [2.24, 2.45) is 0 Å². The zero-order valence-electron chi connectivity index (χ0n) is 12.1. The van der Waals surface area contributed by atoms with Crippen LogP contribution in [0, 0.1) is 0 Å². The third-order valence-corrected chi connectivity index (χ3v) is 3.91. The number of carbonyl (C=O) groups excluding carboxylic acids is 1. The van der Waals surface area contributed by atoms with E-state index >= 15 is 0 Å². The molecule has 1 rings (SSSR count). The molecule has 0 atom stereocenters. The molecule has 21 heavy (non-hydrogen) atoms. The summed E-state index contributed by atoms with van der Waals surface area (Å²) in [5, 5.41) is 2.52. The van der Waals surface area contributed by atoms with Gasteiger partial charge in [-0.05, 0) is 31.2 Å². The van der Waals surface area contributed by atoms with Crippen LogP contribution in [0.5, 0.6) is 5.75 Å². The molecule has 0 unspecified atom stereocenters. The van der Waals surface area contributed by atoms with Crippen molar-refractivity contribution in [2.75, 3.05) is 33.4 Å². The van der Waals surface area contributed by atoms with Gasteiger partial charge in [0.15, 0.2) is 0 Å². The smallest absolute Gasteiger partial charge is 0.241 e. The first-order chi connectivity index (χ1) is 9.99. The molecule has 0 saturated heterocycles. The second-order valence-corrected chi connectivity index (χ2v) is 5.84. The van der Waals surface area contributed by atoms with Crippen molar-refractivity contribution < 1.29 is 22.7 Å². The number of benzene rings is 1. The number of ether oxygens (including phenoxy) is 2. The number of hydrogen-bond donors (Lipinski definition) is 2. The zero-order valence-corrected chi connectivity index (χ0v) is 12.9. The van der Waals surface area contributed by atoms with Crippen molar-refractivity contribution in [2.45, 2.75) is 11.8 Å². The van der Waals surface area contributed by atoms with Gasteiger partial charge in [0.2, 0.25) is 15.9 Å². The molecule has 0 spiro atoms. The van der Waals surface area contributed by atoms with Crippen molar-refractivity contribution >= 4 is 15.9 Å². The molecule has 1 aromatic carbocycles. The van der Waals surface area contributed by atoms with E-state index in [1.807, 2.05) is 6.92 Å². The van der Waals surface area contributed by atoms with Gasteiger partial charge < -0.3 is 14.8 Å². The minimum atomic E-state index is -3.72. The molecule has 8 heteroatoms. The molecule has 0 fully saturated rings. The van der Waals surface area contributed by atoms with Gasteiger partial charge in [0, 0.05) is 13.7 Å². The van der Waals surface area contributed by atoms with Crippen molar-refractivity contribution in [1.29, 1.82) is 0 Å². The minimum Gasteiger partial charge on any atom is -0.494 e. The minimum absolute atomic E-state index is 0.0793. The van der Waals surface area contributed by atoms with E-state index in [1.54, 1.807) is 12.1 Å². The lowest BCUT2D eigenvalue weighted by molar-refractivity contribution is -0.120. The molecule has 0 aromatic heterocycles. The molecule has 0 heterocycles. The third kappa shape index (κ3) is 6.11. The van der Waals surface area contributed by atoms with Gasteiger partial charge >= 0.3 is 0 Å². The van der Waals surface area contributed by atoms with Gasteiger partial charge in [0.05, 0.1) is 24.7 Å². The Morgan fingerprint density at radius 2 is 1.90 bits per heavy atom. The lowest BCUT2D eigenvalue weighted by atomic mass is 10.3. The van der Waals surface area contributed by atoms with Crippen molar-refractivity contribution in [3.63, 3.8) is 0 Å². The molecule has 0 radical (unpaired) electrons. The molecule has 2 N–H and O–H groups in total. The Morgan fingerprint density at radius 3 is 2.48 bits per heavy atom. The van der Waals surface area contributed by atoms with E-state index in [9.17, 15) is 13.2 Å². The molecule has 1 amide bonds. The fourth-order valence-corrected chi connectivity index (χ4v) is 2.46. The highest BCUT2D eigenvalue weighted by atomic mass is 32.2. The van der Waals surface area contributed by atoms with Crippen LogP contribution in [0.2, 0.25) is 0 Å². The normalized spacial score (nSPS) is 11.1. The van der Waals surface area contributed by atoms with Crippen LogP contribution in [0.3, 0.4) is 0 Å². The summed E-state index contributed by atoms with van der Waals surface area (Å²) in [4.78, 5) is 11.5. The Hall–Kier alpha value is -1.64. The number of hydrogen-bond acceptors (Lipinski definition) is 5. The van der Waals surface area contributed by atoms with Gasteiger partial charge in [-0.15, -0.1) is 0 Å². The van der Waals surface area contributed by atoms with Crippen LogP contribution >= 0.6 is 0 Å². The van der Waals surface area contributed by atoms with Crippen LogP contribution in [0.25, 0.3) is 0 Å². The molecule has 118 valence electrons. The van der Waals surface area contributed by atoms with Gasteiger partial charge in [0.25, 0.3) is 0 Å². The number of nitrogens with one attached hydrogen (secondary N) is 2. The first-order valence-corrected chi connectivity index (χ1v) is 7.96. The van der Waals surface area contributed by atoms with E-state index in [-0.39, 0.29) is 11.4 Å². The molecule has 0 aliphatic rings. The summed E-state index contributed by atoms with van der Waals surface area (Å²) < 4.78 is 36.2. The molecule has 0 bridgehead atoms. The third-order valence-electron chi connectivity index (χ3n) is 2.50. The molecule has 1 aromatic rings. The number of carbonyl (C=O) groups is 1. The predicted octanol–water partition coefficient (Wildman–Crippen LogP) is 0.126. The lowest BCUT2D eigenvalue weighted by Gasteiger charge is -2.08. The van der Waals surface area contributed by atoms with Crippen molar-refractivity contribution in [1.82, 2.24) is 10.0 Å². The first-order valence-electron chi connectivity index (χ1n) is 6.47. The summed E-state index contributed by atoms with van der Waals surface area (Å²) in [6.45, 7) is 2.73. The maximum absolute atomic E-state index is 12.0. The highest BCUT2D eigenvalue weighted by molar-refractivity contribution is 7.89. The van der Waals surface area contributed by atoms with Gasteiger partial charge in [-0.3, -0.25) is 4.79 Å². The van der Waals surface area contributed by atoms with Gasteiger partial charge in [0.1, 0.15) is 5.75 Å². The maximum Gasteiger partial charge on any atom is 0.241 e.